The van der Waals surface area contributed by atoms with Crippen LogP contribution in [0, 0.1) is 11.6 Å². The number of methoxy groups -OCH3 is 1. The number of anilines is 1. The predicted molar refractivity (Wildman–Crippen MR) is 74.4 cm³/mol. The Morgan fingerprint density at radius 3 is 2.67 bits per heavy atom. The molecule has 2 aromatic rings. The van der Waals surface area contributed by atoms with E-state index in [1.165, 1.54) is 11.3 Å². The van der Waals surface area contributed by atoms with Gasteiger partial charge in [0, 0.05) is 6.07 Å². The van der Waals surface area contributed by atoms with Gasteiger partial charge in [-0.05, 0) is 28.5 Å². The van der Waals surface area contributed by atoms with E-state index < -0.39 is 29.1 Å². The lowest BCUT2D eigenvalue weighted by Crippen LogP contribution is -2.16. The number of esters is 1. The van der Waals surface area contributed by atoms with Gasteiger partial charge in [-0.25, -0.2) is 13.6 Å². The van der Waals surface area contributed by atoms with Crippen molar-refractivity contribution in [3.8, 4) is 0 Å². The van der Waals surface area contributed by atoms with Gasteiger partial charge in [0.15, 0.2) is 0 Å². The Kier molecular flexibility index (Phi) is 4.64. The number of ether oxygens (including phenoxy) is 1. The van der Waals surface area contributed by atoms with Crippen LogP contribution in [0.1, 0.15) is 15.9 Å². The van der Waals surface area contributed by atoms with Crippen LogP contribution in [0.15, 0.2) is 29.0 Å². The topological polar surface area (TPSA) is 55.4 Å². The van der Waals surface area contributed by atoms with Crippen LogP contribution in [-0.2, 0) is 16.0 Å². The van der Waals surface area contributed by atoms with E-state index in [9.17, 15) is 18.4 Å². The fourth-order valence-electron chi connectivity index (χ4n) is 1.68. The van der Waals surface area contributed by atoms with Crippen molar-refractivity contribution in [2.45, 2.75) is 6.42 Å². The number of nitrogens with one attached hydrogen (secondary N) is 1. The minimum atomic E-state index is -1.05. The molecule has 21 heavy (non-hydrogen) atoms. The number of hydrogen-bond acceptors (Lipinski definition) is 4. The first-order chi connectivity index (χ1) is 10.0. The van der Waals surface area contributed by atoms with Gasteiger partial charge in [0.05, 0.1) is 24.8 Å². The highest BCUT2D eigenvalue weighted by Gasteiger charge is 2.17. The second-order valence-corrected chi connectivity index (χ2v) is 4.94. The molecule has 0 aliphatic carbocycles. The van der Waals surface area contributed by atoms with Crippen LogP contribution in [0.4, 0.5) is 14.5 Å². The average molecular weight is 311 g/mol. The molecule has 0 saturated heterocycles. The lowest BCUT2D eigenvalue weighted by molar-refractivity contribution is -0.115. The maximum Gasteiger partial charge on any atom is 0.340 e. The maximum atomic E-state index is 13.6. The first kappa shape index (κ1) is 15.1. The molecule has 0 unspecified atom stereocenters. The number of hydrogen-bond donors (Lipinski definition) is 1. The minimum absolute atomic E-state index is 0.0634. The van der Waals surface area contributed by atoms with Gasteiger partial charge in [0.1, 0.15) is 11.6 Å². The Morgan fingerprint density at radius 1 is 1.29 bits per heavy atom. The molecule has 0 aliphatic heterocycles. The molecule has 1 aromatic carbocycles. The Balaban J connectivity index is 2.19. The number of carbonyl (C=O) groups is 2. The zero-order valence-corrected chi connectivity index (χ0v) is 11.8. The molecular formula is C14H11F2NO3S. The van der Waals surface area contributed by atoms with Crippen LogP contribution in [0.2, 0.25) is 0 Å². The van der Waals surface area contributed by atoms with Gasteiger partial charge < -0.3 is 10.1 Å². The number of carbonyl (C=O) groups excluding carboxylic acids is 2. The summed E-state index contributed by atoms with van der Waals surface area (Å²) >= 11 is 1.44. The van der Waals surface area contributed by atoms with Crippen LogP contribution < -0.4 is 5.32 Å². The van der Waals surface area contributed by atoms with Gasteiger partial charge in [0.25, 0.3) is 0 Å². The van der Waals surface area contributed by atoms with Gasteiger partial charge in [-0.15, -0.1) is 0 Å². The van der Waals surface area contributed by atoms with Gasteiger partial charge in [0.2, 0.25) is 5.91 Å². The highest BCUT2D eigenvalue weighted by Crippen LogP contribution is 2.20. The molecule has 0 fully saturated rings. The van der Waals surface area contributed by atoms with Crippen molar-refractivity contribution in [2.75, 3.05) is 12.4 Å². The minimum Gasteiger partial charge on any atom is -0.465 e. The van der Waals surface area contributed by atoms with Crippen LogP contribution in [-0.4, -0.2) is 19.0 Å². The second-order valence-electron chi connectivity index (χ2n) is 4.16. The zero-order valence-electron chi connectivity index (χ0n) is 11.0. The first-order valence-corrected chi connectivity index (χ1v) is 6.84. The number of benzene rings is 1. The first-order valence-electron chi connectivity index (χ1n) is 5.89. The summed E-state index contributed by atoms with van der Waals surface area (Å²) in [6, 6.07) is 3.22. The molecule has 0 radical (unpaired) electrons. The van der Waals surface area contributed by atoms with E-state index in [2.05, 4.69) is 10.1 Å². The molecular weight excluding hydrogens is 300 g/mol. The van der Waals surface area contributed by atoms with Gasteiger partial charge in [-0.3, -0.25) is 4.79 Å². The third-order valence-electron chi connectivity index (χ3n) is 2.68. The molecule has 0 aliphatic rings. The summed E-state index contributed by atoms with van der Waals surface area (Å²) in [4.78, 5) is 23.1. The van der Waals surface area contributed by atoms with E-state index >= 15 is 0 Å². The lowest BCUT2D eigenvalue weighted by atomic mass is 10.1. The van der Waals surface area contributed by atoms with E-state index in [0.717, 1.165) is 18.7 Å². The molecule has 0 bridgehead atoms. The van der Waals surface area contributed by atoms with Crippen molar-refractivity contribution in [1.82, 2.24) is 0 Å². The highest BCUT2D eigenvalue weighted by atomic mass is 32.1. The molecule has 0 saturated carbocycles. The average Bonchev–Trinajstić information content (AvgIpc) is 2.93. The van der Waals surface area contributed by atoms with Crippen LogP contribution in [0.3, 0.4) is 0 Å². The fourth-order valence-corrected chi connectivity index (χ4v) is 2.35. The Bertz CT molecular complexity index is 671. The monoisotopic (exact) mass is 311 g/mol. The van der Waals surface area contributed by atoms with Crippen molar-refractivity contribution in [3.63, 3.8) is 0 Å². The standard InChI is InChI=1S/C14H11F2NO3S/c1-20-14(19)9-5-12(11(16)6-10(9)15)17-13(18)4-8-2-3-21-7-8/h2-3,5-7H,4H2,1H3,(H,17,18). The van der Waals surface area contributed by atoms with Crippen molar-refractivity contribution in [2.24, 2.45) is 0 Å². The van der Waals surface area contributed by atoms with E-state index in [1.807, 2.05) is 5.38 Å². The molecule has 0 spiro atoms. The van der Waals surface area contributed by atoms with Gasteiger partial charge in [-0.1, -0.05) is 0 Å². The lowest BCUT2D eigenvalue weighted by Gasteiger charge is -2.08. The molecule has 110 valence electrons. The molecule has 2 rings (SSSR count). The Morgan fingerprint density at radius 2 is 2.05 bits per heavy atom. The number of halogens is 2. The van der Waals surface area contributed by atoms with Crippen LogP contribution >= 0.6 is 11.3 Å². The normalized spacial score (nSPS) is 10.2. The molecule has 1 heterocycles. The fraction of sp³-hybridized carbons (Fsp3) is 0.143. The summed E-state index contributed by atoms with van der Waals surface area (Å²) in [6.45, 7) is 0. The zero-order chi connectivity index (χ0) is 15.4. The number of amides is 1. The van der Waals surface area contributed by atoms with Crippen molar-refractivity contribution >= 4 is 28.9 Å². The predicted octanol–water partition coefficient (Wildman–Crippen LogP) is 2.99. The molecule has 7 heteroatoms. The molecule has 0 atom stereocenters. The summed E-state index contributed by atoms with van der Waals surface area (Å²) in [5.74, 6) is -3.41. The Labute approximate surface area is 123 Å². The third kappa shape index (κ3) is 3.63. The summed E-state index contributed by atoms with van der Waals surface area (Å²) in [6.07, 6.45) is 0.0634. The quantitative estimate of drug-likeness (QED) is 0.883. The van der Waals surface area contributed by atoms with E-state index in [4.69, 9.17) is 0 Å². The van der Waals surface area contributed by atoms with E-state index in [-0.39, 0.29) is 12.1 Å². The van der Waals surface area contributed by atoms with Crippen LogP contribution in [0.25, 0.3) is 0 Å². The largest absolute Gasteiger partial charge is 0.465 e. The summed E-state index contributed by atoms with van der Waals surface area (Å²) in [5.41, 5.74) is 0.0787. The van der Waals surface area contributed by atoms with Crippen molar-refractivity contribution < 1.29 is 23.1 Å². The summed E-state index contributed by atoms with van der Waals surface area (Å²) < 4.78 is 31.5. The highest BCUT2D eigenvalue weighted by molar-refractivity contribution is 7.08. The molecule has 1 aromatic heterocycles. The van der Waals surface area contributed by atoms with E-state index in [1.54, 1.807) is 11.4 Å². The number of thiophene rings is 1. The second kappa shape index (κ2) is 6.45. The van der Waals surface area contributed by atoms with E-state index in [0.29, 0.717) is 6.07 Å². The molecule has 4 nitrogen and oxygen atoms in total. The SMILES string of the molecule is COC(=O)c1cc(NC(=O)Cc2ccsc2)c(F)cc1F. The summed E-state index contributed by atoms with van der Waals surface area (Å²) in [7, 11) is 1.08. The maximum absolute atomic E-state index is 13.6. The number of rotatable bonds is 4. The molecule has 1 N–H and O–H groups in total. The summed E-state index contributed by atoms with van der Waals surface area (Å²) in [5, 5.41) is 5.92. The van der Waals surface area contributed by atoms with Crippen molar-refractivity contribution in [1.29, 1.82) is 0 Å². The van der Waals surface area contributed by atoms with Gasteiger partial charge >= 0.3 is 5.97 Å². The smallest absolute Gasteiger partial charge is 0.340 e. The third-order valence-corrected chi connectivity index (χ3v) is 3.41. The van der Waals surface area contributed by atoms with Gasteiger partial charge in [-0.2, -0.15) is 11.3 Å². The Hall–Kier alpha value is -2.28. The van der Waals surface area contributed by atoms with Crippen molar-refractivity contribution in [3.05, 3.63) is 51.7 Å². The molecule has 1 amide bonds. The van der Waals surface area contributed by atoms with Crippen LogP contribution in [0.5, 0.6) is 0 Å².